The van der Waals surface area contributed by atoms with Crippen LogP contribution in [0.3, 0.4) is 0 Å². The highest BCUT2D eigenvalue weighted by Crippen LogP contribution is 2.30. The Hall–Kier alpha value is -0.0600. The van der Waals surface area contributed by atoms with Gasteiger partial charge in [0.25, 0.3) is 0 Å². The van der Waals surface area contributed by atoms with Crippen molar-refractivity contribution in [3.05, 3.63) is 28.2 Å². The molecule has 104 valence electrons. The third-order valence-electron chi connectivity index (χ3n) is 4.37. The highest BCUT2D eigenvalue weighted by molar-refractivity contribution is 9.10. The lowest BCUT2D eigenvalue weighted by atomic mass is 9.99. The molecule has 1 aromatic rings. The summed E-state index contributed by atoms with van der Waals surface area (Å²) in [5.41, 5.74) is 2.80. The molecule has 0 amide bonds. The lowest BCUT2D eigenvalue weighted by molar-refractivity contribution is 0.133. The minimum atomic E-state index is 0.768. The Morgan fingerprint density at radius 2 is 2.05 bits per heavy atom. The molecule has 0 spiro atoms. The van der Waals surface area contributed by atoms with Crippen molar-refractivity contribution in [2.24, 2.45) is 0 Å². The summed E-state index contributed by atoms with van der Waals surface area (Å²) < 4.78 is 1.18. The van der Waals surface area contributed by atoms with Crippen LogP contribution in [0.2, 0.25) is 0 Å². The Balaban J connectivity index is 1.80. The van der Waals surface area contributed by atoms with Gasteiger partial charge in [0.05, 0.1) is 0 Å². The molecule has 2 saturated heterocycles. The number of piperazine rings is 1. The highest BCUT2D eigenvalue weighted by atomic mass is 79.9. The second-order valence-corrected chi connectivity index (χ2v) is 7.01. The summed E-state index contributed by atoms with van der Waals surface area (Å²) in [5.74, 6) is 0. The van der Waals surface area contributed by atoms with Crippen LogP contribution in [-0.4, -0.2) is 37.1 Å². The van der Waals surface area contributed by atoms with Crippen LogP contribution >= 0.6 is 31.9 Å². The number of hydrogen-bond acceptors (Lipinski definition) is 2. The maximum absolute atomic E-state index is 3.62. The number of alkyl halides is 1. The zero-order chi connectivity index (χ0) is 13.2. The smallest absolute Gasteiger partial charge is 0.0419 e. The molecule has 2 aliphatic rings. The Morgan fingerprint density at radius 3 is 2.89 bits per heavy atom. The first-order chi connectivity index (χ1) is 9.28. The van der Waals surface area contributed by atoms with Gasteiger partial charge in [-0.2, -0.15) is 0 Å². The minimum Gasteiger partial charge on any atom is -0.368 e. The molecule has 3 rings (SSSR count). The van der Waals surface area contributed by atoms with E-state index in [-0.39, 0.29) is 0 Å². The topological polar surface area (TPSA) is 6.48 Å². The van der Waals surface area contributed by atoms with Gasteiger partial charge in [0.15, 0.2) is 0 Å². The molecule has 2 heterocycles. The standard InChI is InChI=1S/C15H20Br2N2/c16-10-12-4-5-13(17)9-15(12)19-8-7-18-6-2-1-3-14(18)11-19/h4-5,9,14H,1-3,6-8,10-11H2. The average molecular weight is 388 g/mol. The van der Waals surface area contributed by atoms with E-state index in [0.29, 0.717) is 0 Å². The molecular formula is C15H20Br2N2. The lowest BCUT2D eigenvalue weighted by Crippen LogP contribution is -2.55. The monoisotopic (exact) mass is 386 g/mol. The number of piperidine rings is 1. The Bertz CT molecular complexity index is 450. The number of anilines is 1. The van der Waals surface area contributed by atoms with Crippen molar-refractivity contribution in [2.45, 2.75) is 30.6 Å². The van der Waals surface area contributed by atoms with Crippen LogP contribution in [0, 0.1) is 0 Å². The van der Waals surface area contributed by atoms with Crippen LogP contribution in [0.4, 0.5) is 5.69 Å². The second-order valence-electron chi connectivity index (χ2n) is 5.54. The summed E-state index contributed by atoms with van der Waals surface area (Å²) in [5, 5.41) is 0.931. The van der Waals surface area contributed by atoms with Gasteiger partial charge in [0.1, 0.15) is 0 Å². The summed E-state index contributed by atoms with van der Waals surface area (Å²) in [4.78, 5) is 5.26. The maximum Gasteiger partial charge on any atom is 0.0419 e. The van der Waals surface area contributed by atoms with E-state index in [4.69, 9.17) is 0 Å². The lowest BCUT2D eigenvalue weighted by Gasteiger charge is -2.45. The number of halogens is 2. The number of rotatable bonds is 2. The number of hydrogen-bond donors (Lipinski definition) is 0. The van der Waals surface area contributed by atoms with Crippen molar-refractivity contribution >= 4 is 37.5 Å². The Morgan fingerprint density at radius 1 is 1.16 bits per heavy atom. The van der Waals surface area contributed by atoms with Crippen LogP contribution in [0.1, 0.15) is 24.8 Å². The number of nitrogens with zero attached hydrogens (tertiary/aromatic N) is 2. The first-order valence-electron chi connectivity index (χ1n) is 7.11. The zero-order valence-electron chi connectivity index (χ0n) is 11.1. The fourth-order valence-electron chi connectivity index (χ4n) is 3.32. The summed E-state index contributed by atoms with van der Waals surface area (Å²) in [7, 11) is 0. The van der Waals surface area contributed by atoms with E-state index in [1.54, 1.807) is 0 Å². The SMILES string of the molecule is BrCc1ccc(Br)cc1N1CCN2CCCCC2C1. The van der Waals surface area contributed by atoms with Crippen molar-refractivity contribution in [3.8, 4) is 0 Å². The Labute approximate surface area is 132 Å². The van der Waals surface area contributed by atoms with Gasteiger partial charge in [-0.1, -0.05) is 44.3 Å². The number of benzene rings is 1. The molecular weight excluding hydrogens is 368 g/mol. The molecule has 2 aliphatic heterocycles. The fourth-order valence-corrected chi connectivity index (χ4v) is 4.14. The van der Waals surface area contributed by atoms with Crippen molar-refractivity contribution < 1.29 is 0 Å². The van der Waals surface area contributed by atoms with E-state index in [0.717, 1.165) is 17.9 Å². The van der Waals surface area contributed by atoms with Gasteiger partial charge in [-0.25, -0.2) is 0 Å². The quantitative estimate of drug-likeness (QED) is 0.707. The summed E-state index contributed by atoms with van der Waals surface area (Å²) in [6, 6.07) is 7.40. The fraction of sp³-hybridized carbons (Fsp3) is 0.600. The van der Waals surface area contributed by atoms with Gasteiger partial charge >= 0.3 is 0 Å². The van der Waals surface area contributed by atoms with Crippen molar-refractivity contribution in [1.82, 2.24) is 4.90 Å². The largest absolute Gasteiger partial charge is 0.368 e. The first kappa shape index (κ1) is 13.9. The van der Waals surface area contributed by atoms with Crippen molar-refractivity contribution in [2.75, 3.05) is 31.1 Å². The molecule has 0 N–H and O–H groups in total. The minimum absolute atomic E-state index is 0.768. The van der Waals surface area contributed by atoms with E-state index >= 15 is 0 Å². The normalized spacial score (nSPS) is 24.3. The van der Waals surface area contributed by atoms with Gasteiger partial charge in [-0.15, -0.1) is 0 Å². The first-order valence-corrected chi connectivity index (χ1v) is 9.03. The third-order valence-corrected chi connectivity index (χ3v) is 5.47. The zero-order valence-corrected chi connectivity index (χ0v) is 14.3. The molecule has 1 atom stereocenters. The van der Waals surface area contributed by atoms with Crippen LogP contribution in [0.5, 0.6) is 0 Å². The van der Waals surface area contributed by atoms with Gasteiger partial charge in [-0.3, -0.25) is 4.90 Å². The van der Waals surface area contributed by atoms with Crippen molar-refractivity contribution in [1.29, 1.82) is 0 Å². The van der Waals surface area contributed by atoms with Crippen LogP contribution in [0.15, 0.2) is 22.7 Å². The molecule has 0 aromatic heterocycles. The van der Waals surface area contributed by atoms with Crippen LogP contribution in [0.25, 0.3) is 0 Å². The van der Waals surface area contributed by atoms with E-state index in [1.807, 2.05) is 0 Å². The molecule has 2 nitrogen and oxygen atoms in total. The second kappa shape index (κ2) is 6.15. The molecule has 4 heteroatoms. The summed E-state index contributed by atoms with van der Waals surface area (Å²) in [6.07, 6.45) is 4.16. The van der Waals surface area contributed by atoms with Gasteiger partial charge in [-0.05, 0) is 37.1 Å². The van der Waals surface area contributed by atoms with Gasteiger partial charge < -0.3 is 4.90 Å². The predicted molar refractivity (Wildman–Crippen MR) is 88.2 cm³/mol. The molecule has 0 saturated carbocycles. The summed E-state index contributed by atoms with van der Waals surface area (Å²) in [6.45, 7) is 4.88. The molecule has 2 fully saturated rings. The predicted octanol–water partition coefficient (Wildman–Crippen LogP) is 4.02. The molecule has 0 aliphatic carbocycles. The van der Waals surface area contributed by atoms with E-state index < -0.39 is 0 Å². The van der Waals surface area contributed by atoms with Crippen molar-refractivity contribution in [3.63, 3.8) is 0 Å². The number of fused-ring (bicyclic) bond motifs is 1. The van der Waals surface area contributed by atoms with E-state index in [9.17, 15) is 0 Å². The molecule has 1 aromatic carbocycles. The van der Waals surface area contributed by atoms with Crippen LogP contribution < -0.4 is 4.90 Å². The van der Waals surface area contributed by atoms with E-state index in [1.165, 1.54) is 54.6 Å². The highest BCUT2D eigenvalue weighted by Gasteiger charge is 2.29. The van der Waals surface area contributed by atoms with Gasteiger partial charge in [0.2, 0.25) is 0 Å². The molecule has 1 unspecified atom stereocenters. The van der Waals surface area contributed by atoms with Crippen LogP contribution in [-0.2, 0) is 5.33 Å². The Kier molecular flexibility index (Phi) is 4.50. The summed E-state index contributed by atoms with van der Waals surface area (Å²) >= 11 is 7.22. The molecule has 0 bridgehead atoms. The van der Waals surface area contributed by atoms with Gasteiger partial charge in [0, 0.05) is 41.2 Å². The maximum atomic E-state index is 3.62. The molecule has 19 heavy (non-hydrogen) atoms. The third kappa shape index (κ3) is 3.01. The van der Waals surface area contributed by atoms with E-state index in [2.05, 4.69) is 59.9 Å². The average Bonchev–Trinajstić information content (AvgIpc) is 2.46. The molecule has 0 radical (unpaired) electrons.